The Hall–Kier alpha value is -2.86. The monoisotopic (exact) mass is 449 g/mol. The van der Waals surface area contributed by atoms with E-state index in [-0.39, 0.29) is 17.6 Å². The minimum atomic E-state index is -0.946. The second-order valence-electron chi connectivity index (χ2n) is 9.77. The summed E-state index contributed by atoms with van der Waals surface area (Å²) in [6.07, 6.45) is 6.16. The number of carboxylic acid groups (broad SMARTS) is 1. The van der Waals surface area contributed by atoms with Crippen LogP contribution in [0.15, 0.2) is 42.5 Å². The molecule has 0 aromatic heterocycles. The van der Waals surface area contributed by atoms with E-state index in [0.29, 0.717) is 23.7 Å². The maximum absolute atomic E-state index is 12.6. The minimum Gasteiger partial charge on any atom is -0.496 e. The second kappa shape index (κ2) is 8.82. The zero-order chi connectivity index (χ0) is 23.0. The van der Waals surface area contributed by atoms with Crippen LogP contribution < -0.4 is 4.74 Å². The van der Waals surface area contributed by atoms with E-state index < -0.39 is 5.97 Å². The van der Waals surface area contributed by atoms with Crippen molar-refractivity contribution in [2.45, 2.75) is 50.5 Å². The van der Waals surface area contributed by atoms with Crippen LogP contribution in [0.4, 0.5) is 0 Å². The summed E-state index contributed by atoms with van der Waals surface area (Å²) in [4.78, 5) is 26.0. The molecule has 2 aromatic rings. The third-order valence-electron chi connectivity index (χ3n) is 7.84. The Bertz CT molecular complexity index is 1020. The molecule has 1 unspecified atom stereocenters. The van der Waals surface area contributed by atoms with Crippen LogP contribution in [0, 0.1) is 5.41 Å². The Balaban J connectivity index is 1.21. The van der Waals surface area contributed by atoms with Gasteiger partial charge in [-0.15, -0.1) is 0 Å². The van der Waals surface area contributed by atoms with Gasteiger partial charge in [0.1, 0.15) is 11.9 Å². The molecule has 1 N–H and O–H groups in total. The average molecular weight is 450 g/mol. The Morgan fingerprint density at radius 1 is 1.09 bits per heavy atom. The second-order valence-corrected chi connectivity index (χ2v) is 9.77. The van der Waals surface area contributed by atoms with Crippen molar-refractivity contribution in [1.82, 2.24) is 4.90 Å². The van der Waals surface area contributed by atoms with Crippen molar-refractivity contribution in [1.29, 1.82) is 0 Å². The molecule has 1 amide bonds. The zero-order valence-corrected chi connectivity index (χ0v) is 19.1. The Morgan fingerprint density at radius 3 is 2.42 bits per heavy atom. The summed E-state index contributed by atoms with van der Waals surface area (Å²) in [5, 5.41) is 9.33. The molecule has 174 valence electrons. The molecule has 1 spiro atoms. The van der Waals surface area contributed by atoms with E-state index in [9.17, 15) is 14.7 Å². The van der Waals surface area contributed by atoms with Crippen molar-refractivity contribution in [2.24, 2.45) is 5.41 Å². The van der Waals surface area contributed by atoms with Gasteiger partial charge in [0.05, 0.1) is 12.7 Å². The highest BCUT2D eigenvalue weighted by Gasteiger charge is 2.47. The largest absolute Gasteiger partial charge is 0.496 e. The predicted octanol–water partition coefficient (Wildman–Crippen LogP) is 4.73. The van der Waals surface area contributed by atoms with Crippen molar-refractivity contribution >= 4 is 11.9 Å². The fourth-order valence-electron chi connectivity index (χ4n) is 5.81. The SMILES string of the molecule is COc1ccc(C(=O)O)cc1-c1ccc(C2CC3(CCN(C(=O)C4CCCO4)CC3)C2)cc1. The first-order chi connectivity index (χ1) is 16.0. The van der Waals surface area contributed by atoms with Gasteiger partial charge in [-0.1, -0.05) is 24.3 Å². The molecular formula is C27H31NO5. The van der Waals surface area contributed by atoms with Crippen molar-refractivity contribution in [2.75, 3.05) is 26.8 Å². The lowest BCUT2D eigenvalue weighted by Crippen LogP contribution is -2.50. The van der Waals surface area contributed by atoms with Gasteiger partial charge in [-0.3, -0.25) is 4.79 Å². The molecule has 5 rings (SSSR count). The average Bonchev–Trinajstić information content (AvgIpc) is 3.37. The van der Waals surface area contributed by atoms with Gasteiger partial charge < -0.3 is 19.5 Å². The van der Waals surface area contributed by atoms with Crippen LogP contribution in [0.25, 0.3) is 11.1 Å². The number of carbonyl (C=O) groups is 2. The number of carbonyl (C=O) groups excluding carboxylic acids is 1. The predicted molar refractivity (Wildman–Crippen MR) is 125 cm³/mol. The maximum Gasteiger partial charge on any atom is 0.335 e. The fraction of sp³-hybridized carbons (Fsp3) is 0.481. The number of carboxylic acids is 1. The summed E-state index contributed by atoms with van der Waals surface area (Å²) >= 11 is 0. The molecule has 2 aromatic carbocycles. The minimum absolute atomic E-state index is 0.191. The van der Waals surface area contributed by atoms with E-state index in [1.807, 2.05) is 4.90 Å². The molecule has 6 heteroatoms. The number of hydrogen-bond acceptors (Lipinski definition) is 4. The van der Waals surface area contributed by atoms with Crippen molar-refractivity contribution in [3.63, 3.8) is 0 Å². The number of nitrogens with zero attached hydrogens (tertiary/aromatic N) is 1. The molecule has 3 fully saturated rings. The Kier molecular flexibility index (Phi) is 5.87. The van der Waals surface area contributed by atoms with Crippen molar-refractivity contribution in [3.05, 3.63) is 53.6 Å². The van der Waals surface area contributed by atoms with E-state index in [2.05, 4.69) is 24.3 Å². The molecule has 2 saturated heterocycles. The van der Waals surface area contributed by atoms with Gasteiger partial charge in [0.2, 0.25) is 0 Å². The van der Waals surface area contributed by atoms with Crippen LogP contribution in [-0.2, 0) is 9.53 Å². The Labute approximate surface area is 194 Å². The number of ether oxygens (including phenoxy) is 2. The summed E-state index contributed by atoms with van der Waals surface area (Å²) in [6.45, 7) is 2.42. The number of methoxy groups -OCH3 is 1. The first-order valence-corrected chi connectivity index (χ1v) is 11.9. The first-order valence-electron chi connectivity index (χ1n) is 11.9. The lowest BCUT2D eigenvalue weighted by molar-refractivity contribution is -0.144. The highest BCUT2D eigenvalue weighted by atomic mass is 16.5. The van der Waals surface area contributed by atoms with E-state index in [1.54, 1.807) is 25.3 Å². The van der Waals surface area contributed by atoms with E-state index in [1.165, 1.54) is 18.4 Å². The molecule has 1 atom stereocenters. The number of hydrogen-bond donors (Lipinski definition) is 1. The number of amides is 1. The number of rotatable bonds is 5. The van der Waals surface area contributed by atoms with Crippen LogP contribution in [-0.4, -0.2) is 54.8 Å². The standard InChI is InChI=1S/C27H31NO5/c1-32-23-9-8-20(26(30)31)15-22(23)19-6-4-18(5-7-19)21-16-27(17-21)10-12-28(13-11-27)25(29)24-3-2-14-33-24/h4-9,15,21,24H,2-3,10-14,16-17H2,1H3,(H,30,31). The molecular weight excluding hydrogens is 418 g/mol. The van der Waals surface area contributed by atoms with E-state index >= 15 is 0 Å². The summed E-state index contributed by atoms with van der Waals surface area (Å²) in [5.74, 6) is 0.460. The number of benzene rings is 2. The van der Waals surface area contributed by atoms with Crippen LogP contribution in [0.2, 0.25) is 0 Å². The van der Waals surface area contributed by atoms with Gasteiger partial charge in [0.25, 0.3) is 5.91 Å². The molecule has 0 radical (unpaired) electrons. The fourth-order valence-corrected chi connectivity index (χ4v) is 5.81. The zero-order valence-electron chi connectivity index (χ0n) is 19.1. The molecule has 2 heterocycles. The van der Waals surface area contributed by atoms with E-state index in [4.69, 9.17) is 9.47 Å². The van der Waals surface area contributed by atoms with Crippen LogP contribution in [0.3, 0.4) is 0 Å². The third-order valence-corrected chi connectivity index (χ3v) is 7.84. The molecule has 6 nitrogen and oxygen atoms in total. The van der Waals surface area contributed by atoms with Gasteiger partial charge >= 0.3 is 5.97 Å². The molecule has 1 aliphatic carbocycles. The number of piperidine rings is 1. The molecule has 2 aliphatic heterocycles. The van der Waals surface area contributed by atoms with Gasteiger partial charge in [0.15, 0.2) is 0 Å². The highest BCUT2D eigenvalue weighted by molar-refractivity contribution is 5.90. The van der Waals surface area contributed by atoms with Gasteiger partial charge in [-0.25, -0.2) is 4.79 Å². The van der Waals surface area contributed by atoms with Crippen molar-refractivity contribution < 1.29 is 24.2 Å². The molecule has 1 saturated carbocycles. The van der Waals surface area contributed by atoms with Crippen LogP contribution in [0.5, 0.6) is 5.75 Å². The summed E-state index contributed by atoms with van der Waals surface area (Å²) in [5.41, 5.74) is 3.69. The van der Waals surface area contributed by atoms with Gasteiger partial charge in [-0.05, 0) is 79.2 Å². The summed E-state index contributed by atoms with van der Waals surface area (Å²) in [7, 11) is 1.60. The number of aromatic carboxylic acids is 1. The van der Waals surface area contributed by atoms with Crippen LogP contribution in [0.1, 0.15) is 60.4 Å². The summed E-state index contributed by atoms with van der Waals surface area (Å²) in [6, 6.07) is 13.4. The first kappa shape index (κ1) is 22.0. The lowest BCUT2D eigenvalue weighted by Gasteiger charge is -2.52. The van der Waals surface area contributed by atoms with Crippen molar-refractivity contribution in [3.8, 4) is 16.9 Å². The molecule has 33 heavy (non-hydrogen) atoms. The third kappa shape index (κ3) is 4.24. The van der Waals surface area contributed by atoms with Crippen LogP contribution >= 0.6 is 0 Å². The quantitative estimate of drug-likeness (QED) is 0.715. The normalized spacial score (nSPS) is 22.2. The lowest BCUT2D eigenvalue weighted by atomic mass is 9.56. The van der Waals surface area contributed by atoms with Gasteiger partial charge in [0, 0.05) is 25.3 Å². The van der Waals surface area contributed by atoms with E-state index in [0.717, 1.165) is 49.9 Å². The highest BCUT2D eigenvalue weighted by Crippen LogP contribution is 2.56. The topological polar surface area (TPSA) is 76.1 Å². The Morgan fingerprint density at radius 2 is 1.82 bits per heavy atom. The van der Waals surface area contributed by atoms with Gasteiger partial charge in [-0.2, -0.15) is 0 Å². The molecule has 3 aliphatic rings. The molecule has 0 bridgehead atoms. The maximum atomic E-state index is 12.6. The summed E-state index contributed by atoms with van der Waals surface area (Å²) < 4.78 is 11.0. The smallest absolute Gasteiger partial charge is 0.335 e. The number of likely N-dealkylation sites (tertiary alicyclic amines) is 1.